The molecule has 1 atom stereocenters. The average Bonchev–Trinajstić information content (AvgIpc) is 2.45. The Balaban J connectivity index is 2.65. The van der Waals surface area contributed by atoms with E-state index in [0.29, 0.717) is 6.04 Å². The Hall–Kier alpha value is -0.740. The highest BCUT2D eigenvalue weighted by Gasteiger charge is 2.12. The molecule has 1 aromatic heterocycles. The summed E-state index contributed by atoms with van der Waals surface area (Å²) < 4.78 is 0. The van der Waals surface area contributed by atoms with Crippen molar-refractivity contribution in [2.75, 3.05) is 30.5 Å². The summed E-state index contributed by atoms with van der Waals surface area (Å²) in [6, 6.07) is 4.88. The number of nitrogens with one attached hydrogen (secondary N) is 1. The summed E-state index contributed by atoms with van der Waals surface area (Å²) >= 11 is 1.90. The van der Waals surface area contributed by atoms with Gasteiger partial charge in [-0.15, -0.1) is 0 Å². The van der Waals surface area contributed by atoms with Gasteiger partial charge in [0.25, 0.3) is 0 Å². The fraction of sp³-hybridized carbons (Fsp3) is 0.688. The van der Waals surface area contributed by atoms with E-state index in [1.807, 2.05) is 11.8 Å². The number of anilines is 1. The molecule has 4 heteroatoms. The second kappa shape index (κ2) is 9.24. The van der Waals surface area contributed by atoms with Crippen LogP contribution in [0.4, 0.5) is 5.82 Å². The van der Waals surface area contributed by atoms with Crippen LogP contribution in [-0.4, -0.2) is 36.6 Å². The lowest BCUT2D eigenvalue weighted by molar-refractivity contribution is 0.655. The van der Waals surface area contributed by atoms with Crippen LogP contribution in [0.5, 0.6) is 0 Å². The van der Waals surface area contributed by atoms with Crippen molar-refractivity contribution in [1.29, 1.82) is 0 Å². The molecule has 1 heterocycles. The first-order valence-electron chi connectivity index (χ1n) is 7.49. The van der Waals surface area contributed by atoms with E-state index in [4.69, 9.17) is 4.98 Å². The quantitative estimate of drug-likeness (QED) is 0.706. The van der Waals surface area contributed by atoms with Crippen LogP contribution in [0.3, 0.4) is 0 Å². The number of thioether (sulfide) groups is 1. The Morgan fingerprint density at radius 3 is 2.75 bits per heavy atom. The van der Waals surface area contributed by atoms with Gasteiger partial charge in [0.15, 0.2) is 0 Å². The van der Waals surface area contributed by atoms with E-state index in [1.54, 1.807) is 0 Å². The monoisotopic (exact) mass is 295 g/mol. The van der Waals surface area contributed by atoms with Gasteiger partial charge in [-0.2, -0.15) is 11.8 Å². The summed E-state index contributed by atoms with van der Waals surface area (Å²) in [4.78, 5) is 7.04. The molecule has 0 saturated heterocycles. The van der Waals surface area contributed by atoms with Gasteiger partial charge >= 0.3 is 0 Å². The van der Waals surface area contributed by atoms with E-state index in [-0.39, 0.29) is 0 Å². The molecule has 3 nitrogen and oxygen atoms in total. The zero-order valence-electron chi connectivity index (χ0n) is 13.6. The normalized spacial score (nSPS) is 12.4. The lowest BCUT2D eigenvalue weighted by Gasteiger charge is -2.26. The minimum Gasteiger partial charge on any atom is -0.357 e. The van der Waals surface area contributed by atoms with Crippen molar-refractivity contribution in [3.63, 3.8) is 0 Å². The number of hydrogen-bond donors (Lipinski definition) is 1. The average molecular weight is 295 g/mol. The molecule has 114 valence electrons. The van der Waals surface area contributed by atoms with Crippen LogP contribution in [0.25, 0.3) is 0 Å². The van der Waals surface area contributed by atoms with E-state index in [0.717, 1.165) is 24.6 Å². The predicted octanol–water partition coefficient (Wildman–Crippen LogP) is 3.47. The van der Waals surface area contributed by atoms with E-state index < -0.39 is 0 Å². The number of aromatic nitrogens is 1. The molecule has 1 unspecified atom stereocenters. The van der Waals surface area contributed by atoms with E-state index >= 15 is 0 Å². The highest BCUT2D eigenvalue weighted by Crippen LogP contribution is 2.17. The third-order valence-electron chi connectivity index (χ3n) is 3.69. The summed E-state index contributed by atoms with van der Waals surface area (Å²) in [6.07, 6.45) is 4.52. The Morgan fingerprint density at radius 1 is 1.40 bits per heavy atom. The summed E-state index contributed by atoms with van der Waals surface area (Å²) in [7, 11) is 2.14. The highest BCUT2D eigenvalue weighted by atomic mass is 32.2. The van der Waals surface area contributed by atoms with Crippen LogP contribution < -0.4 is 10.2 Å². The van der Waals surface area contributed by atoms with Gasteiger partial charge in [-0.1, -0.05) is 13.0 Å². The second-order valence-corrected chi connectivity index (χ2v) is 6.32. The maximum Gasteiger partial charge on any atom is 0.128 e. The van der Waals surface area contributed by atoms with E-state index in [2.05, 4.69) is 56.4 Å². The van der Waals surface area contributed by atoms with E-state index in [1.165, 1.54) is 24.2 Å². The molecule has 1 aromatic rings. The lowest BCUT2D eigenvalue weighted by Crippen LogP contribution is -2.30. The molecule has 0 fully saturated rings. The predicted molar refractivity (Wildman–Crippen MR) is 91.8 cm³/mol. The van der Waals surface area contributed by atoms with Crippen molar-refractivity contribution >= 4 is 17.6 Å². The third-order valence-corrected chi connectivity index (χ3v) is 4.33. The van der Waals surface area contributed by atoms with Gasteiger partial charge in [0, 0.05) is 25.3 Å². The maximum absolute atomic E-state index is 4.76. The molecule has 0 aliphatic carbocycles. The molecule has 1 rings (SSSR count). The van der Waals surface area contributed by atoms with Crippen molar-refractivity contribution in [1.82, 2.24) is 10.3 Å². The SMILES string of the molecule is CCCNCc1ccc(N(C)C(C)CCSC)nc1C. The molecular formula is C16H29N3S. The largest absolute Gasteiger partial charge is 0.357 e. The van der Waals surface area contributed by atoms with Crippen molar-refractivity contribution in [2.45, 2.75) is 46.2 Å². The van der Waals surface area contributed by atoms with Gasteiger partial charge in [0.05, 0.1) is 0 Å². The zero-order valence-corrected chi connectivity index (χ0v) is 14.4. The lowest BCUT2D eigenvalue weighted by atomic mass is 10.2. The fourth-order valence-electron chi connectivity index (χ4n) is 2.07. The van der Waals surface area contributed by atoms with Gasteiger partial charge in [0.1, 0.15) is 5.82 Å². The molecule has 0 amide bonds. The summed E-state index contributed by atoms with van der Waals surface area (Å²) in [5, 5.41) is 3.44. The van der Waals surface area contributed by atoms with Gasteiger partial charge in [-0.25, -0.2) is 4.98 Å². The topological polar surface area (TPSA) is 28.2 Å². The number of aryl methyl sites for hydroxylation is 1. The Kier molecular flexibility index (Phi) is 8.00. The van der Waals surface area contributed by atoms with Crippen molar-refractivity contribution < 1.29 is 0 Å². The number of rotatable bonds is 9. The first-order valence-corrected chi connectivity index (χ1v) is 8.88. The van der Waals surface area contributed by atoms with Crippen LogP contribution in [0.1, 0.15) is 37.9 Å². The second-order valence-electron chi connectivity index (χ2n) is 5.33. The molecule has 0 radical (unpaired) electrons. The van der Waals surface area contributed by atoms with Crippen molar-refractivity contribution in [2.24, 2.45) is 0 Å². The summed E-state index contributed by atoms with van der Waals surface area (Å²) in [5.74, 6) is 2.28. The third kappa shape index (κ3) is 5.33. The van der Waals surface area contributed by atoms with Gasteiger partial charge in [-0.05, 0) is 56.9 Å². The highest BCUT2D eigenvalue weighted by molar-refractivity contribution is 7.98. The summed E-state index contributed by atoms with van der Waals surface area (Å²) in [6.45, 7) is 8.54. The number of pyridine rings is 1. The molecule has 1 N–H and O–H groups in total. The van der Waals surface area contributed by atoms with Crippen LogP contribution >= 0.6 is 11.8 Å². The van der Waals surface area contributed by atoms with Crippen LogP contribution in [0.2, 0.25) is 0 Å². The minimum atomic E-state index is 0.526. The number of nitrogens with zero attached hydrogens (tertiary/aromatic N) is 2. The van der Waals surface area contributed by atoms with Crippen molar-refractivity contribution in [3.05, 3.63) is 23.4 Å². The molecule has 0 aliphatic rings. The molecular weight excluding hydrogens is 266 g/mol. The van der Waals surface area contributed by atoms with E-state index in [9.17, 15) is 0 Å². The van der Waals surface area contributed by atoms with Crippen LogP contribution in [0, 0.1) is 6.92 Å². The molecule has 0 bridgehead atoms. The molecule has 0 aliphatic heterocycles. The Morgan fingerprint density at radius 2 is 2.15 bits per heavy atom. The maximum atomic E-state index is 4.76. The zero-order chi connectivity index (χ0) is 15.0. The minimum absolute atomic E-state index is 0.526. The molecule has 0 spiro atoms. The van der Waals surface area contributed by atoms with Gasteiger partial charge in [0.2, 0.25) is 0 Å². The standard InChI is InChI=1S/C16H29N3S/c1-6-10-17-12-15-7-8-16(18-14(15)3)19(4)13(2)9-11-20-5/h7-8,13,17H,6,9-12H2,1-5H3. The molecule has 0 saturated carbocycles. The van der Waals surface area contributed by atoms with Crippen LogP contribution in [-0.2, 0) is 6.54 Å². The summed E-state index contributed by atoms with van der Waals surface area (Å²) in [5.41, 5.74) is 2.43. The fourth-order valence-corrected chi connectivity index (χ4v) is 2.64. The Labute approximate surface area is 128 Å². The first kappa shape index (κ1) is 17.3. The smallest absolute Gasteiger partial charge is 0.128 e. The van der Waals surface area contributed by atoms with Crippen LogP contribution in [0.15, 0.2) is 12.1 Å². The van der Waals surface area contributed by atoms with Gasteiger partial charge in [-0.3, -0.25) is 0 Å². The molecule has 20 heavy (non-hydrogen) atoms. The van der Waals surface area contributed by atoms with Crippen molar-refractivity contribution in [3.8, 4) is 0 Å². The first-order chi connectivity index (χ1) is 9.60. The number of hydrogen-bond acceptors (Lipinski definition) is 4. The Bertz CT molecular complexity index is 395. The molecule has 0 aromatic carbocycles. The van der Waals surface area contributed by atoms with Gasteiger partial charge < -0.3 is 10.2 Å².